The van der Waals surface area contributed by atoms with Crippen molar-refractivity contribution in [2.45, 2.75) is 0 Å². The van der Waals surface area contributed by atoms with E-state index in [2.05, 4.69) is 137 Å². The Bertz CT molecular complexity index is 3460. The fourth-order valence-corrected chi connectivity index (χ4v) is 8.37. The molecule has 12 rings (SSSR count). The number of furan rings is 1. The van der Waals surface area contributed by atoms with Crippen molar-refractivity contribution >= 4 is 76.6 Å². The number of para-hydroxylation sites is 5. The molecule has 5 heterocycles. The van der Waals surface area contributed by atoms with Crippen molar-refractivity contribution in [3.63, 3.8) is 0 Å². The van der Waals surface area contributed by atoms with Crippen LogP contribution in [0.4, 0.5) is 0 Å². The van der Waals surface area contributed by atoms with Crippen LogP contribution >= 0.6 is 0 Å². The van der Waals surface area contributed by atoms with Gasteiger partial charge in [-0.3, -0.25) is 4.57 Å². The number of benzene rings is 7. The summed E-state index contributed by atoms with van der Waals surface area (Å²) in [6.07, 6.45) is 1.84. The number of nitrogens with zero attached hydrogens (tertiary/aromatic N) is 5. The average Bonchev–Trinajstić information content (AvgIpc) is 3.99. The van der Waals surface area contributed by atoms with E-state index in [1.54, 1.807) is 0 Å². The zero-order valence-electron chi connectivity index (χ0n) is 29.0. The van der Waals surface area contributed by atoms with Gasteiger partial charge in [-0.1, -0.05) is 108 Å². The van der Waals surface area contributed by atoms with Crippen molar-refractivity contribution in [3.8, 4) is 34.0 Å². The predicted molar refractivity (Wildman–Crippen MR) is 219 cm³/mol. The molecule has 0 bridgehead atoms. The van der Waals surface area contributed by atoms with E-state index in [4.69, 9.17) is 19.4 Å². The van der Waals surface area contributed by atoms with E-state index in [9.17, 15) is 0 Å². The molecular formula is C48H27N5OPt. The van der Waals surface area contributed by atoms with Crippen LogP contribution in [0.25, 0.3) is 111 Å². The van der Waals surface area contributed by atoms with Gasteiger partial charge in [-0.05, 0) is 64.1 Å². The maximum Gasteiger partial charge on any atom is 2.00 e. The number of imidazole rings is 1. The van der Waals surface area contributed by atoms with Gasteiger partial charge in [0.15, 0.2) is 0 Å². The van der Waals surface area contributed by atoms with Gasteiger partial charge in [0.1, 0.15) is 22.8 Å². The molecule has 0 aliphatic rings. The molecule has 7 heteroatoms. The maximum atomic E-state index is 6.41. The second-order valence-corrected chi connectivity index (χ2v) is 13.7. The minimum atomic E-state index is 0. The third kappa shape index (κ3) is 4.65. The third-order valence-electron chi connectivity index (χ3n) is 10.8. The molecule has 0 N–H and O–H groups in total. The molecule has 5 aromatic heterocycles. The summed E-state index contributed by atoms with van der Waals surface area (Å²) in [6, 6.07) is 58.5. The third-order valence-corrected chi connectivity index (χ3v) is 10.8. The Kier molecular flexibility index (Phi) is 7.01. The number of hydrogen-bond donors (Lipinski definition) is 0. The van der Waals surface area contributed by atoms with Gasteiger partial charge in [-0.2, -0.15) is 0 Å². The van der Waals surface area contributed by atoms with Gasteiger partial charge in [-0.15, -0.1) is 34.8 Å². The van der Waals surface area contributed by atoms with E-state index in [0.717, 1.165) is 111 Å². The molecule has 7 aromatic carbocycles. The first-order chi connectivity index (χ1) is 26.8. The summed E-state index contributed by atoms with van der Waals surface area (Å²) in [7, 11) is 0. The summed E-state index contributed by atoms with van der Waals surface area (Å²) in [6.45, 7) is 0. The molecule has 55 heavy (non-hydrogen) atoms. The van der Waals surface area contributed by atoms with Crippen molar-refractivity contribution in [2.75, 3.05) is 0 Å². The van der Waals surface area contributed by atoms with Gasteiger partial charge in [0.05, 0.1) is 16.7 Å². The van der Waals surface area contributed by atoms with Crippen LogP contribution in [0.1, 0.15) is 0 Å². The molecule has 6 nitrogen and oxygen atoms in total. The molecule has 0 unspecified atom stereocenters. The summed E-state index contributed by atoms with van der Waals surface area (Å²) >= 11 is 0. The Balaban J connectivity index is 0.00000352. The molecule has 0 atom stereocenters. The summed E-state index contributed by atoms with van der Waals surface area (Å²) < 4.78 is 10.9. The molecule has 0 fully saturated rings. The average molecular weight is 885 g/mol. The first-order valence-corrected chi connectivity index (χ1v) is 18.0. The van der Waals surface area contributed by atoms with Crippen LogP contribution < -0.4 is 4.98 Å². The van der Waals surface area contributed by atoms with Crippen molar-refractivity contribution < 1.29 is 25.5 Å². The van der Waals surface area contributed by atoms with Gasteiger partial charge < -0.3 is 14.0 Å². The summed E-state index contributed by atoms with van der Waals surface area (Å²) in [5, 5.41) is 6.71. The Labute approximate surface area is 328 Å². The van der Waals surface area contributed by atoms with Crippen molar-refractivity contribution in [2.24, 2.45) is 0 Å². The van der Waals surface area contributed by atoms with Crippen LogP contribution in [0.3, 0.4) is 0 Å². The summed E-state index contributed by atoms with van der Waals surface area (Å²) in [4.78, 5) is 15.4. The summed E-state index contributed by atoms with van der Waals surface area (Å²) in [5.74, 6) is 1.66. The molecule has 12 aromatic rings. The minimum Gasteiger partial charge on any atom is -0.656 e. The number of rotatable bonds is 4. The van der Waals surface area contributed by atoms with Gasteiger partial charge in [0.25, 0.3) is 0 Å². The Hall–Kier alpha value is -6.75. The van der Waals surface area contributed by atoms with E-state index in [-0.39, 0.29) is 21.1 Å². The van der Waals surface area contributed by atoms with Crippen LogP contribution in [0.5, 0.6) is 0 Å². The van der Waals surface area contributed by atoms with E-state index in [1.807, 2.05) is 42.6 Å². The van der Waals surface area contributed by atoms with Crippen LogP contribution in [0.2, 0.25) is 0 Å². The van der Waals surface area contributed by atoms with Crippen LogP contribution in [-0.4, -0.2) is 19.1 Å². The van der Waals surface area contributed by atoms with Crippen molar-refractivity contribution in [1.82, 2.24) is 24.1 Å². The van der Waals surface area contributed by atoms with Gasteiger partial charge in [0, 0.05) is 34.1 Å². The van der Waals surface area contributed by atoms with Crippen LogP contribution in [0, 0.1) is 6.07 Å². The fourth-order valence-electron chi connectivity index (χ4n) is 8.37. The molecule has 0 spiro atoms. The zero-order valence-corrected chi connectivity index (χ0v) is 31.3. The Morgan fingerprint density at radius 1 is 0.545 bits per heavy atom. The smallest absolute Gasteiger partial charge is 0.656 e. The quantitative estimate of drug-likeness (QED) is 0.165. The van der Waals surface area contributed by atoms with Crippen LogP contribution in [0.15, 0.2) is 168 Å². The Morgan fingerprint density at radius 2 is 1.27 bits per heavy atom. The monoisotopic (exact) mass is 884 g/mol. The molecular weight excluding hydrogens is 858 g/mol. The maximum absolute atomic E-state index is 6.41. The van der Waals surface area contributed by atoms with Gasteiger partial charge >= 0.3 is 21.1 Å². The van der Waals surface area contributed by atoms with Crippen molar-refractivity contribution in [3.05, 3.63) is 170 Å². The van der Waals surface area contributed by atoms with Crippen molar-refractivity contribution in [1.29, 1.82) is 0 Å². The molecule has 0 radical (unpaired) electrons. The normalized spacial score (nSPS) is 11.9. The number of aromatic nitrogens is 5. The number of fused-ring (bicyclic) bond motifs is 10. The Morgan fingerprint density at radius 3 is 2.18 bits per heavy atom. The van der Waals surface area contributed by atoms with E-state index < -0.39 is 0 Å². The predicted octanol–water partition coefficient (Wildman–Crippen LogP) is 11.8. The molecule has 0 saturated carbocycles. The molecule has 260 valence electrons. The number of hydrogen-bond acceptors (Lipinski definition) is 3. The first kappa shape index (κ1) is 31.7. The zero-order chi connectivity index (χ0) is 35.3. The topological polar surface area (TPSA) is 62.9 Å². The van der Waals surface area contributed by atoms with E-state index >= 15 is 0 Å². The molecule has 0 aliphatic heterocycles. The first-order valence-electron chi connectivity index (χ1n) is 18.0. The van der Waals surface area contributed by atoms with E-state index in [1.165, 1.54) is 0 Å². The summed E-state index contributed by atoms with van der Waals surface area (Å²) in [5.41, 5.74) is 11.4. The second-order valence-electron chi connectivity index (χ2n) is 13.7. The standard InChI is InChI=1S/C48H27N5O.Pt/c1-4-17-39-32(11-1)37-15-9-16-38(46(37)50-39)48-51-47-31(14-10-19-41(47)52(48)30-23-25-36-35-13-3-6-20-43(35)54-44(36)28-30)29-22-24-34-33-12-2-5-18-40(33)53(42(34)27-29)45-21-7-8-26-49-45;/h1-26,28H;/q-2;+2. The van der Waals surface area contributed by atoms with Gasteiger partial charge in [-0.25, -0.2) is 9.97 Å². The second kappa shape index (κ2) is 12.1. The minimum absolute atomic E-state index is 0. The largest absolute Gasteiger partial charge is 2.00 e. The SMILES string of the molecule is [Pt+2].[c-]1c(-c2cccc3c2nc(-c2cccc4c2[n-]c2ccccc24)n3-c2ccc3c(c2)oc2ccccc23)ccc2c3ccccc3n(-c3ccccn3)c12. The fraction of sp³-hybridized carbons (Fsp3) is 0. The van der Waals surface area contributed by atoms with Gasteiger partial charge in [0.2, 0.25) is 0 Å². The molecule has 0 saturated heterocycles. The molecule has 0 aliphatic carbocycles. The van der Waals surface area contributed by atoms with E-state index in [0.29, 0.717) is 0 Å². The number of pyridine rings is 1. The molecule has 0 amide bonds. The van der Waals surface area contributed by atoms with Crippen LogP contribution in [-0.2, 0) is 21.1 Å².